The number of hydrogen-bond acceptors (Lipinski definition) is 4. The Kier molecular flexibility index (Phi) is 4.81. The Labute approximate surface area is 139 Å². The van der Waals surface area contributed by atoms with E-state index in [1.807, 2.05) is 12.1 Å². The highest BCUT2D eigenvalue weighted by Crippen LogP contribution is 2.18. The summed E-state index contributed by atoms with van der Waals surface area (Å²) in [5.41, 5.74) is 1.57. The molecule has 3 rings (SSSR count). The van der Waals surface area contributed by atoms with E-state index in [0.717, 1.165) is 31.5 Å². The third-order valence-corrected chi connectivity index (χ3v) is 4.26. The lowest BCUT2D eigenvalue weighted by molar-refractivity contribution is -0.136. The third-order valence-electron chi connectivity index (χ3n) is 4.01. The summed E-state index contributed by atoms with van der Waals surface area (Å²) in [5.74, 6) is -0.363. The Morgan fingerprint density at radius 2 is 1.96 bits per heavy atom. The zero-order valence-corrected chi connectivity index (χ0v) is 13.4. The van der Waals surface area contributed by atoms with E-state index in [-0.39, 0.29) is 18.4 Å². The van der Waals surface area contributed by atoms with Crippen molar-refractivity contribution in [1.29, 1.82) is 0 Å². The topological polar surface area (TPSA) is 71.0 Å². The van der Waals surface area contributed by atoms with E-state index in [9.17, 15) is 9.59 Å². The summed E-state index contributed by atoms with van der Waals surface area (Å²) < 4.78 is 0. The van der Waals surface area contributed by atoms with Gasteiger partial charge in [0.15, 0.2) is 0 Å². The van der Waals surface area contributed by atoms with E-state index in [4.69, 9.17) is 16.4 Å². The highest BCUT2D eigenvalue weighted by Gasteiger charge is 2.29. The highest BCUT2D eigenvalue weighted by atomic mass is 35.5. The summed E-state index contributed by atoms with van der Waals surface area (Å²) in [6.45, 7) is 1.56. The molecule has 1 aromatic carbocycles. The lowest BCUT2D eigenvalue weighted by Gasteiger charge is -2.16. The fourth-order valence-electron chi connectivity index (χ4n) is 2.69. The molecule has 2 heterocycles. The second-order valence-corrected chi connectivity index (χ2v) is 6.09. The number of carbonyl (C=O) groups is 2. The first kappa shape index (κ1) is 15.8. The molecule has 1 unspecified atom stereocenters. The predicted octanol–water partition coefficient (Wildman–Crippen LogP) is 1.57. The number of nitrogens with zero attached hydrogens (tertiary/aromatic N) is 2. The maximum absolute atomic E-state index is 12.1. The van der Waals surface area contributed by atoms with Crippen molar-refractivity contribution in [3.05, 3.63) is 34.9 Å². The van der Waals surface area contributed by atoms with Gasteiger partial charge in [-0.25, -0.2) is 0 Å². The maximum atomic E-state index is 12.1. The minimum absolute atomic E-state index is 0.00890. The molecule has 122 valence electrons. The number of carbonyl (C=O) groups excluding carboxylic acids is 2. The van der Waals surface area contributed by atoms with Crippen LogP contribution in [0.1, 0.15) is 24.8 Å². The number of benzene rings is 1. The van der Waals surface area contributed by atoms with Gasteiger partial charge in [-0.15, -0.1) is 0 Å². The first-order valence-corrected chi connectivity index (χ1v) is 8.05. The van der Waals surface area contributed by atoms with Crippen molar-refractivity contribution in [2.24, 2.45) is 5.16 Å². The molecule has 1 atom stereocenters. The molecule has 0 aromatic heterocycles. The molecule has 0 aliphatic carbocycles. The standard InChI is InChI=1S/C16H18ClN3O3/c17-12-5-3-11(4-6-12)13-9-14(23-19-13)16(22)18-10-15(21)20-7-1-2-8-20/h3-6,14H,1-2,7-10H2,(H,18,22). The summed E-state index contributed by atoms with van der Waals surface area (Å²) in [5, 5.41) is 7.23. The lowest BCUT2D eigenvalue weighted by atomic mass is 10.0. The van der Waals surface area contributed by atoms with E-state index in [2.05, 4.69) is 10.5 Å². The van der Waals surface area contributed by atoms with Crippen molar-refractivity contribution < 1.29 is 14.4 Å². The van der Waals surface area contributed by atoms with Crippen LogP contribution in [-0.4, -0.2) is 48.2 Å². The van der Waals surface area contributed by atoms with E-state index in [1.54, 1.807) is 17.0 Å². The van der Waals surface area contributed by atoms with E-state index in [1.165, 1.54) is 0 Å². The van der Waals surface area contributed by atoms with Crippen LogP contribution in [0.4, 0.5) is 0 Å². The van der Waals surface area contributed by atoms with Gasteiger partial charge in [-0.2, -0.15) is 0 Å². The number of nitrogens with one attached hydrogen (secondary N) is 1. The minimum Gasteiger partial charge on any atom is -0.382 e. The van der Waals surface area contributed by atoms with Crippen molar-refractivity contribution in [3.8, 4) is 0 Å². The van der Waals surface area contributed by atoms with Gasteiger partial charge in [0.05, 0.1) is 12.3 Å². The second-order valence-electron chi connectivity index (χ2n) is 5.65. The van der Waals surface area contributed by atoms with Gasteiger partial charge in [0.2, 0.25) is 12.0 Å². The van der Waals surface area contributed by atoms with Gasteiger partial charge in [0, 0.05) is 24.5 Å². The number of rotatable bonds is 4. The van der Waals surface area contributed by atoms with Crippen LogP contribution >= 0.6 is 11.6 Å². The highest BCUT2D eigenvalue weighted by molar-refractivity contribution is 6.30. The first-order valence-electron chi connectivity index (χ1n) is 7.67. The number of likely N-dealkylation sites (tertiary alicyclic amines) is 1. The van der Waals surface area contributed by atoms with E-state index in [0.29, 0.717) is 17.2 Å². The average molecular weight is 336 g/mol. The Morgan fingerprint density at radius 3 is 2.65 bits per heavy atom. The summed E-state index contributed by atoms with van der Waals surface area (Å²) in [6, 6.07) is 7.20. The van der Waals surface area contributed by atoms with Crippen LogP contribution in [0.15, 0.2) is 29.4 Å². The summed E-state index contributed by atoms with van der Waals surface area (Å²) in [7, 11) is 0. The molecule has 2 aliphatic heterocycles. The van der Waals surface area contributed by atoms with Crippen molar-refractivity contribution >= 4 is 29.1 Å². The van der Waals surface area contributed by atoms with Gasteiger partial charge in [-0.3, -0.25) is 9.59 Å². The van der Waals surface area contributed by atoms with Gasteiger partial charge in [-0.05, 0) is 30.5 Å². The number of oxime groups is 1. The molecule has 2 amide bonds. The molecule has 1 N–H and O–H groups in total. The summed E-state index contributed by atoms with van der Waals surface area (Å²) in [6.07, 6.45) is 1.76. The molecule has 6 nitrogen and oxygen atoms in total. The molecule has 0 bridgehead atoms. The molecular formula is C16H18ClN3O3. The Balaban J connectivity index is 1.48. The zero-order valence-electron chi connectivity index (χ0n) is 12.6. The number of hydrogen-bond donors (Lipinski definition) is 1. The Morgan fingerprint density at radius 1 is 1.26 bits per heavy atom. The van der Waals surface area contributed by atoms with Crippen LogP contribution in [0.3, 0.4) is 0 Å². The predicted molar refractivity (Wildman–Crippen MR) is 86.3 cm³/mol. The fourth-order valence-corrected chi connectivity index (χ4v) is 2.81. The first-order chi connectivity index (χ1) is 11.1. The molecule has 23 heavy (non-hydrogen) atoms. The van der Waals surface area contributed by atoms with Gasteiger partial charge in [-0.1, -0.05) is 28.9 Å². The molecule has 7 heteroatoms. The van der Waals surface area contributed by atoms with Gasteiger partial charge in [0.25, 0.3) is 5.91 Å². The molecule has 1 aromatic rings. The monoisotopic (exact) mass is 335 g/mol. The van der Waals surface area contributed by atoms with Crippen molar-refractivity contribution in [3.63, 3.8) is 0 Å². The largest absolute Gasteiger partial charge is 0.382 e. The number of amides is 2. The Hall–Kier alpha value is -2.08. The van der Waals surface area contributed by atoms with E-state index >= 15 is 0 Å². The van der Waals surface area contributed by atoms with Crippen LogP contribution in [0.25, 0.3) is 0 Å². The summed E-state index contributed by atoms with van der Waals surface area (Å²) >= 11 is 5.85. The van der Waals surface area contributed by atoms with Crippen molar-refractivity contribution in [2.75, 3.05) is 19.6 Å². The molecule has 1 saturated heterocycles. The third kappa shape index (κ3) is 3.82. The minimum atomic E-state index is -0.688. The second kappa shape index (κ2) is 7.00. The molecule has 2 aliphatic rings. The normalized spacial score (nSPS) is 20.1. The van der Waals surface area contributed by atoms with Gasteiger partial charge < -0.3 is 15.1 Å². The van der Waals surface area contributed by atoms with Crippen LogP contribution in [0.5, 0.6) is 0 Å². The molecule has 0 radical (unpaired) electrons. The average Bonchev–Trinajstić information content (AvgIpc) is 3.24. The van der Waals surface area contributed by atoms with Crippen LogP contribution in [0, 0.1) is 0 Å². The molecule has 0 spiro atoms. The zero-order chi connectivity index (χ0) is 16.2. The lowest BCUT2D eigenvalue weighted by Crippen LogP contribution is -2.42. The maximum Gasteiger partial charge on any atom is 0.264 e. The van der Waals surface area contributed by atoms with Crippen LogP contribution < -0.4 is 5.32 Å². The van der Waals surface area contributed by atoms with E-state index < -0.39 is 6.10 Å². The Bertz CT molecular complexity index is 624. The molecule has 1 fully saturated rings. The number of halogens is 1. The van der Waals surface area contributed by atoms with Crippen molar-refractivity contribution in [2.45, 2.75) is 25.4 Å². The SMILES string of the molecule is O=C(NCC(=O)N1CCCC1)C1CC(c2ccc(Cl)cc2)=NO1. The quantitative estimate of drug-likeness (QED) is 0.908. The fraction of sp³-hybridized carbons (Fsp3) is 0.438. The van der Waals surface area contributed by atoms with Crippen LogP contribution in [0.2, 0.25) is 5.02 Å². The molecule has 0 saturated carbocycles. The van der Waals surface area contributed by atoms with Crippen LogP contribution in [-0.2, 0) is 14.4 Å². The van der Waals surface area contributed by atoms with Crippen molar-refractivity contribution in [1.82, 2.24) is 10.2 Å². The van der Waals surface area contributed by atoms with Gasteiger partial charge >= 0.3 is 0 Å². The summed E-state index contributed by atoms with van der Waals surface area (Å²) in [4.78, 5) is 31.0. The smallest absolute Gasteiger partial charge is 0.264 e. The van der Waals surface area contributed by atoms with Gasteiger partial charge in [0.1, 0.15) is 0 Å². The molecular weight excluding hydrogens is 318 g/mol.